The fourth-order valence-corrected chi connectivity index (χ4v) is 4.04. The summed E-state index contributed by atoms with van der Waals surface area (Å²) in [6.45, 7) is 0. The van der Waals surface area contributed by atoms with Crippen LogP contribution in [0.3, 0.4) is 0 Å². The number of nitrogens with one attached hydrogen (secondary N) is 2. The first-order valence-corrected chi connectivity index (χ1v) is 9.10. The Morgan fingerprint density at radius 1 is 1.21 bits per heavy atom. The van der Waals surface area contributed by atoms with Crippen LogP contribution in [0.4, 0.5) is 16.0 Å². The van der Waals surface area contributed by atoms with Crippen LogP contribution in [0, 0.1) is 5.82 Å². The molecule has 0 bridgehead atoms. The molecule has 1 aliphatic heterocycles. The Kier molecular flexibility index (Phi) is 4.43. The first kappa shape index (κ1) is 16.3. The monoisotopic (exact) mass is 350 g/mol. The van der Waals surface area contributed by atoms with E-state index in [-0.39, 0.29) is 34.7 Å². The molecule has 1 atom stereocenters. The molecule has 1 aromatic heterocycles. The molecule has 0 aliphatic carbocycles. The Hall–Kier alpha value is -2.55. The van der Waals surface area contributed by atoms with Crippen LogP contribution in [-0.2, 0) is 9.84 Å². The third-order valence-corrected chi connectivity index (χ3v) is 5.37. The van der Waals surface area contributed by atoms with Crippen molar-refractivity contribution in [3.05, 3.63) is 48.0 Å². The minimum atomic E-state index is -2.99. The first-order valence-electron chi connectivity index (χ1n) is 7.28. The number of amides is 1. The van der Waals surface area contributed by atoms with Gasteiger partial charge >= 0.3 is 0 Å². The molecular formula is C15H15FN4O3S. The van der Waals surface area contributed by atoms with Crippen molar-refractivity contribution in [3.8, 4) is 0 Å². The number of hydrogen-bond donors (Lipinski definition) is 2. The van der Waals surface area contributed by atoms with Crippen LogP contribution in [0.5, 0.6) is 0 Å². The van der Waals surface area contributed by atoms with E-state index in [9.17, 15) is 17.6 Å². The molecule has 1 aromatic carbocycles. The topological polar surface area (TPSA) is 101 Å². The minimum absolute atomic E-state index is 0.0475. The average molecular weight is 350 g/mol. The third kappa shape index (κ3) is 3.85. The molecule has 0 saturated carbocycles. The predicted octanol–water partition coefficient (Wildman–Crippen LogP) is 1.47. The molecule has 3 rings (SSSR count). The summed E-state index contributed by atoms with van der Waals surface area (Å²) in [5, 5.41) is 5.36. The fourth-order valence-electron chi connectivity index (χ4n) is 2.37. The molecule has 1 amide bonds. The summed E-state index contributed by atoms with van der Waals surface area (Å²) in [7, 11) is -2.99. The summed E-state index contributed by atoms with van der Waals surface area (Å²) in [5.41, 5.74) is 0.240. The summed E-state index contributed by atoms with van der Waals surface area (Å²) in [5.74, 6) is -0.623. The zero-order chi connectivity index (χ0) is 17.2. The standard InChI is InChI=1S/C15H15FN4O3S/c16-12-3-1-2-4-13(12)20-14(21)10-7-17-15(18-8-10)19-11-5-6-24(22,23)9-11/h1-4,7-8,11H,5-6,9H2,(H,20,21)(H,17,18,19). The van der Waals surface area contributed by atoms with E-state index in [1.807, 2.05) is 0 Å². The highest BCUT2D eigenvalue weighted by Crippen LogP contribution is 2.16. The van der Waals surface area contributed by atoms with Gasteiger partial charge in [-0.1, -0.05) is 12.1 Å². The molecule has 1 aliphatic rings. The number of halogens is 1. The van der Waals surface area contributed by atoms with Gasteiger partial charge in [-0.15, -0.1) is 0 Å². The van der Waals surface area contributed by atoms with Crippen LogP contribution < -0.4 is 10.6 Å². The maximum absolute atomic E-state index is 13.5. The number of carbonyl (C=O) groups excluding carboxylic acids is 1. The van der Waals surface area contributed by atoms with E-state index >= 15 is 0 Å². The van der Waals surface area contributed by atoms with E-state index in [1.165, 1.54) is 30.6 Å². The van der Waals surface area contributed by atoms with Crippen molar-refractivity contribution in [3.63, 3.8) is 0 Å². The maximum Gasteiger partial charge on any atom is 0.258 e. The molecule has 2 N–H and O–H groups in total. The number of para-hydroxylation sites is 1. The first-order chi connectivity index (χ1) is 11.4. The van der Waals surface area contributed by atoms with Gasteiger partial charge in [0, 0.05) is 18.4 Å². The zero-order valence-electron chi connectivity index (χ0n) is 12.6. The second-order valence-electron chi connectivity index (χ2n) is 5.47. The molecule has 24 heavy (non-hydrogen) atoms. The van der Waals surface area contributed by atoms with Gasteiger partial charge in [-0.2, -0.15) is 0 Å². The van der Waals surface area contributed by atoms with Gasteiger partial charge in [0.1, 0.15) is 5.82 Å². The molecule has 1 unspecified atom stereocenters. The van der Waals surface area contributed by atoms with Crippen molar-refractivity contribution < 1.29 is 17.6 Å². The molecule has 1 saturated heterocycles. The molecule has 1 fully saturated rings. The molecule has 0 spiro atoms. The van der Waals surface area contributed by atoms with Gasteiger partial charge in [-0.25, -0.2) is 22.8 Å². The lowest BCUT2D eigenvalue weighted by Gasteiger charge is -2.10. The van der Waals surface area contributed by atoms with Crippen LogP contribution in [-0.4, -0.2) is 41.8 Å². The summed E-state index contributed by atoms with van der Waals surface area (Å²) in [6.07, 6.45) is 3.10. The van der Waals surface area contributed by atoms with Gasteiger partial charge < -0.3 is 10.6 Å². The van der Waals surface area contributed by atoms with Crippen molar-refractivity contribution in [2.24, 2.45) is 0 Å². The molecule has 2 aromatic rings. The Bertz CT molecular complexity index is 855. The zero-order valence-corrected chi connectivity index (χ0v) is 13.4. The second kappa shape index (κ2) is 6.52. The Morgan fingerprint density at radius 2 is 1.92 bits per heavy atom. The van der Waals surface area contributed by atoms with Crippen molar-refractivity contribution in [1.29, 1.82) is 0 Å². The largest absolute Gasteiger partial charge is 0.350 e. The van der Waals surface area contributed by atoms with Crippen LogP contribution in [0.1, 0.15) is 16.8 Å². The number of aromatic nitrogens is 2. The van der Waals surface area contributed by atoms with Gasteiger partial charge in [0.25, 0.3) is 5.91 Å². The number of anilines is 2. The van der Waals surface area contributed by atoms with Gasteiger partial charge in [0.05, 0.1) is 22.8 Å². The summed E-state index contributed by atoms with van der Waals surface area (Å²) in [6, 6.07) is 5.60. The second-order valence-corrected chi connectivity index (χ2v) is 7.70. The average Bonchev–Trinajstić information content (AvgIpc) is 2.89. The van der Waals surface area contributed by atoms with Crippen molar-refractivity contribution in [2.75, 3.05) is 22.1 Å². The number of nitrogens with zero attached hydrogens (tertiary/aromatic N) is 2. The lowest BCUT2D eigenvalue weighted by molar-refractivity contribution is 0.102. The Morgan fingerprint density at radius 3 is 2.54 bits per heavy atom. The highest BCUT2D eigenvalue weighted by atomic mass is 32.2. The van der Waals surface area contributed by atoms with Gasteiger partial charge in [0.15, 0.2) is 9.84 Å². The van der Waals surface area contributed by atoms with E-state index in [1.54, 1.807) is 6.07 Å². The molecule has 126 valence electrons. The SMILES string of the molecule is O=C(Nc1ccccc1F)c1cnc(NC2CCS(=O)(=O)C2)nc1. The molecule has 9 heteroatoms. The van der Waals surface area contributed by atoms with E-state index in [4.69, 9.17) is 0 Å². The van der Waals surface area contributed by atoms with E-state index in [0.717, 1.165) is 0 Å². The van der Waals surface area contributed by atoms with Crippen LogP contribution in [0.2, 0.25) is 0 Å². The minimum Gasteiger partial charge on any atom is -0.350 e. The number of rotatable bonds is 4. The van der Waals surface area contributed by atoms with E-state index in [0.29, 0.717) is 6.42 Å². The van der Waals surface area contributed by atoms with Crippen LogP contribution >= 0.6 is 0 Å². The molecule has 2 heterocycles. The van der Waals surface area contributed by atoms with E-state index in [2.05, 4.69) is 20.6 Å². The summed E-state index contributed by atoms with van der Waals surface area (Å²) < 4.78 is 36.3. The molecular weight excluding hydrogens is 335 g/mol. The number of sulfone groups is 1. The van der Waals surface area contributed by atoms with E-state index < -0.39 is 21.6 Å². The third-order valence-electron chi connectivity index (χ3n) is 3.60. The smallest absolute Gasteiger partial charge is 0.258 e. The Balaban J connectivity index is 1.64. The number of benzene rings is 1. The van der Waals surface area contributed by atoms with Gasteiger partial charge in [-0.3, -0.25) is 4.79 Å². The van der Waals surface area contributed by atoms with Gasteiger partial charge in [0.2, 0.25) is 5.95 Å². The summed E-state index contributed by atoms with van der Waals surface area (Å²) in [4.78, 5) is 20.1. The number of carbonyl (C=O) groups is 1. The molecule has 0 radical (unpaired) electrons. The predicted molar refractivity (Wildman–Crippen MR) is 87.1 cm³/mol. The normalized spacial score (nSPS) is 19.0. The van der Waals surface area contributed by atoms with Gasteiger partial charge in [-0.05, 0) is 18.6 Å². The maximum atomic E-state index is 13.5. The lowest BCUT2D eigenvalue weighted by atomic mass is 10.2. The highest BCUT2D eigenvalue weighted by Gasteiger charge is 2.28. The van der Waals surface area contributed by atoms with Crippen LogP contribution in [0.25, 0.3) is 0 Å². The quantitative estimate of drug-likeness (QED) is 0.866. The molecule has 7 nitrogen and oxygen atoms in total. The highest BCUT2D eigenvalue weighted by molar-refractivity contribution is 7.91. The van der Waals surface area contributed by atoms with Crippen molar-refractivity contribution >= 4 is 27.4 Å². The van der Waals surface area contributed by atoms with Crippen molar-refractivity contribution in [1.82, 2.24) is 9.97 Å². The van der Waals surface area contributed by atoms with Crippen molar-refractivity contribution in [2.45, 2.75) is 12.5 Å². The van der Waals surface area contributed by atoms with Crippen LogP contribution in [0.15, 0.2) is 36.7 Å². The number of hydrogen-bond acceptors (Lipinski definition) is 6. The lowest BCUT2D eigenvalue weighted by Crippen LogP contribution is -2.22. The Labute approximate surface area is 138 Å². The fraction of sp³-hybridized carbons (Fsp3) is 0.267. The summed E-state index contributed by atoms with van der Waals surface area (Å²) >= 11 is 0.